The molecule has 0 saturated carbocycles. The second kappa shape index (κ2) is 7.71. The van der Waals surface area contributed by atoms with E-state index in [0.29, 0.717) is 11.8 Å². The number of nitrogens with zero attached hydrogens (tertiary/aromatic N) is 2. The van der Waals surface area contributed by atoms with Crippen LogP contribution in [0.15, 0.2) is 12.3 Å². The van der Waals surface area contributed by atoms with Gasteiger partial charge in [0.2, 0.25) is 0 Å². The zero-order valence-corrected chi connectivity index (χ0v) is 13.5. The molecule has 3 nitrogen and oxygen atoms in total. The van der Waals surface area contributed by atoms with Gasteiger partial charge in [-0.25, -0.2) is 4.98 Å². The normalized spacial score (nSPS) is 11.4. The number of nitrogens with one attached hydrogen (secondary N) is 1. The van der Waals surface area contributed by atoms with Crippen molar-refractivity contribution >= 4 is 17.4 Å². The summed E-state index contributed by atoms with van der Waals surface area (Å²) in [5.74, 6) is 2.09. The monoisotopic (exact) mass is 283 g/mol. The first-order valence-electron chi connectivity index (χ1n) is 6.98. The Morgan fingerprint density at radius 2 is 1.79 bits per heavy atom. The maximum Gasteiger partial charge on any atom is 0.147 e. The summed E-state index contributed by atoms with van der Waals surface area (Å²) in [6, 6.07) is 2.01. The van der Waals surface area contributed by atoms with E-state index in [1.165, 1.54) is 0 Å². The van der Waals surface area contributed by atoms with Gasteiger partial charge in [0.25, 0.3) is 0 Å². The topological polar surface area (TPSA) is 28.2 Å². The van der Waals surface area contributed by atoms with Gasteiger partial charge in [-0.3, -0.25) is 0 Å². The van der Waals surface area contributed by atoms with Gasteiger partial charge in [-0.15, -0.1) is 0 Å². The van der Waals surface area contributed by atoms with Crippen LogP contribution in [0.1, 0.15) is 33.3 Å². The SMILES string of the molecule is CNCc1cnc(N(CC(C)C)CC(C)C)c(Cl)c1. The molecule has 0 amide bonds. The zero-order chi connectivity index (χ0) is 14.4. The van der Waals surface area contributed by atoms with E-state index in [-0.39, 0.29) is 0 Å². The van der Waals surface area contributed by atoms with Crippen LogP contribution in [-0.4, -0.2) is 25.1 Å². The lowest BCUT2D eigenvalue weighted by molar-refractivity contribution is 0.548. The number of aromatic nitrogens is 1. The van der Waals surface area contributed by atoms with Crippen molar-refractivity contribution in [2.75, 3.05) is 25.0 Å². The van der Waals surface area contributed by atoms with Crippen LogP contribution in [0.2, 0.25) is 5.02 Å². The second-order valence-electron chi connectivity index (χ2n) is 5.87. The number of pyridine rings is 1. The Labute approximate surface area is 122 Å². The fourth-order valence-electron chi connectivity index (χ4n) is 2.13. The summed E-state index contributed by atoms with van der Waals surface area (Å²) in [4.78, 5) is 6.85. The van der Waals surface area contributed by atoms with Crippen molar-refractivity contribution in [3.8, 4) is 0 Å². The van der Waals surface area contributed by atoms with Crippen LogP contribution < -0.4 is 10.2 Å². The van der Waals surface area contributed by atoms with Crippen molar-refractivity contribution in [1.82, 2.24) is 10.3 Å². The highest BCUT2D eigenvalue weighted by molar-refractivity contribution is 6.33. The fourth-order valence-corrected chi connectivity index (χ4v) is 2.44. The van der Waals surface area contributed by atoms with Crippen molar-refractivity contribution < 1.29 is 0 Å². The van der Waals surface area contributed by atoms with Gasteiger partial charge < -0.3 is 10.2 Å². The fraction of sp³-hybridized carbons (Fsp3) is 0.667. The lowest BCUT2D eigenvalue weighted by atomic mass is 10.1. The predicted octanol–water partition coefficient (Wildman–Crippen LogP) is 3.57. The minimum absolute atomic E-state index is 0.591. The van der Waals surface area contributed by atoms with Crippen molar-refractivity contribution in [1.29, 1.82) is 0 Å². The number of hydrogen-bond donors (Lipinski definition) is 1. The van der Waals surface area contributed by atoms with Gasteiger partial charge in [0, 0.05) is 25.8 Å². The van der Waals surface area contributed by atoms with E-state index in [4.69, 9.17) is 11.6 Å². The van der Waals surface area contributed by atoms with Gasteiger partial charge in [-0.05, 0) is 30.5 Å². The van der Waals surface area contributed by atoms with E-state index in [9.17, 15) is 0 Å². The molecule has 0 saturated heterocycles. The molecule has 0 fully saturated rings. The molecule has 1 heterocycles. The first-order chi connectivity index (χ1) is 8.93. The number of rotatable bonds is 7. The van der Waals surface area contributed by atoms with Gasteiger partial charge in [0.15, 0.2) is 0 Å². The third kappa shape index (κ3) is 5.37. The molecule has 0 radical (unpaired) electrons. The van der Waals surface area contributed by atoms with Crippen molar-refractivity contribution in [3.05, 3.63) is 22.8 Å². The second-order valence-corrected chi connectivity index (χ2v) is 6.28. The van der Waals surface area contributed by atoms with Gasteiger partial charge in [-0.1, -0.05) is 39.3 Å². The van der Waals surface area contributed by atoms with E-state index >= 15 is 0 Å². The lowest BCUT2D eigenvalue weighted by Crippen LogP contribution is -2.32. The molecule has 4 heteroatoms. The smallest absolute Gasteiger partial charge is 0.147 e. The van der Waals surface area contributed by atoms with Crippen molar-refractivity contribution in [3.63, 3.8) is 0 Å². The van der Waals surface area contributed by atoms with E-state index < -0.39 is 0 Å². The Kier molecular flexibility index (Phi) is 6.59. The molecule has 1 aromatic heterocycles. The third-order valence-corrected chi connectivity index (χ3v) is 3.01. The molecule has 0 spiro atoms. The minimum atomic E-state index is 0.591. The first kappa shape index (κ1) is 16.3. The molecule has 0 aliphatic rings. The molecule has 0 bridgehead atoms. The number of anilines is 1. The van der Waals surface area contributed by atoms with Crippen LogP contribution in [0, 0.1) is 11.8 Å². The standard InChI is InChI=1S/C15H26ClN3/c1-11(2)9-19(10-12(3)4)15-14(16)6-13(7-17-5)8-18-15/h6,8,11-12,17H,7,9-10H2,1-5H3. The number of halogens is 1. The third-order valence-electron chi connectivity index (χ3n) is 2.73. The molecule has 19 heavy (non-hydrogen) atoms. The summed E-state index contributed by atoms with van der Waals surface area (Å²) in [7, 11) is 1.92. The molecule has 0 aliphatic carbocycles. The summed E-state index contributed by atoms with van der Waals surface area (Å²) in [6.07, 6.45) is 1.91. The summed E-state index contributed by atoms with van der Waals surface area (Å²) in [5, 5.41) is 3.86. The molecule has 0 atom stereocenters. The summed E-state index contributed by atoms with van der Waals surface area (Å²) >= 11 is 6.39. The highest BCUT2D eigenvalue weighted by Crippen LogP contribution is 2.25. The van der Waals surface area contributed by atoms with Crippen LogP contribution in [-0.2, 0) is 6.54 Å². The molecule has 1 N–H and O–H groups in total. The Morgan fingerprint density at radius 3 is 2.21 bits per heavy atom. The molecule has 1 aromatic rings. The molecule has 0 unspecified atom stereocenters. The van der Waals surface area contributed by atoms with Crippen molar-refractivity contribution in [2.24, 2.45) is 11.8 Å². The van der Waals surface area contributed by atoms with Crippen molar-refractivity contribution in [2.45, 2.75) is 34.2 Å². The summed E-state index contributed by atoms with van der Waals surface area (Å²) in [5.41, 5.74) is 1.12. The predicted molar refractivity (Wildman–Crippen MR) is 83.9 cm³/mol. The van der Waals surface area contributed by atoms with Gasteiger partial charge in [-0.2, -0.15) is 0 Å². The maximum absolute atomic E-state index is 6.39. The molecule has 1 rings (SSSR count). The zero-order valence-electron chi connectivity index (χ0n) is 12.7. The van der Waals surface area contributed by atoms with E-state index in [2.05, 4.69) is 42.9 Å². The average Bonchev–Trinajstić information content (AvgIpc) is 2.27. The summed E-state index contributed by atoms with van der Waals surface area (Å²) in [6.45, 7) is 11.6. The quantitative estimate of drug-likeness (QED) is 0.829. The average molecular weight is 284 g/mol. The Morgan fingerprint density at radius 1 is 1.21 bits per heavy atom. The molecular formula is C15H26ClN3. The molecule has 0 aliphatic heterocycles. The molecule has 0 aromatic carbocycles. The van der Waals surface area contributed by atoms with Crippen LogP contribution in [0.25, 0.3) is 0 Å². The molecular weight excluding hydrogens is 258 g/mol. The van der Waals surface area contributed by atoms with Gasteiger partial charge >= 0.3 is 0 Å². The van der Waals surface area contributed by atoms with Crippen LogP contribution >= 0.6 is 11.6 Å². The van der Waals surface area contributed by atoms with E-state index in [1.807, 2.05) is 19.3 Å². The van der Waals surface area contributed by atoms with Crippen LogP contribution in [0.5, 0.6) is 0 Å². The highest BCUT2D eigenvalue weighted by atomic mass is 35.5. The van der Waals surface area contributed by atoms with Gasteiger partial charge in [0.05, 0.1) is 5.02 Å². The Bertz CT molecular complexity index is 381. The maximum atomic E-state index is 6.39. The Balaban J connectivity index is 2.94. The van der Waals surface area contributed by atoms with Crippen LogP contribution in [0.3, 0.4) is 0 Å². The van der Waals surface area contributed by atoms with E-state index in [0.717, 1.165) is 36.0 Å². The molecule has 108 valence electrons. The van der Waals surface area contributed by atoms with E-state index in [1.54, 1.807) is 0 Å². The van der Waals surface area contributed by atoms with Crippen LogP contribution in [0.4, 0.5) is 5.82 Å². The summed E-state index contributed by atoms with van der Waals surface area (Å²) < 4.78 is 0. The Hall–Kier alpha value is -0.800. The minimum Gasteiger partial charge on any atom is -0.355 e. The first-order valence-corrected chi connectivity index (χ1v) is 7.35. The highest BCUT2D eigenvalue weighted by Gasteiger charge is 2.15. The number of hydrogen-bond acceptors (Lipinski definition) is 3. The lowest BCUT2D eigenvalue weighted by Gasteiger charge is -2.28. The largest absolute Gasteiger partial charge is 0.355 e. The van der Waals surface area contributed by atoms with Gasteiger partial charge in [0.1, 0.15) is 5.82 Å².